The van der Waals surface area contributed by atoms with Crippen molar-refractivity contribution < 1.29 is 28.0 Å². The van der Waals surface area contributed by atoms with Gasteiger partial charge in [-0.1, -0.05) is 6.07 Å². The molecular formula is C23H34BFN2O5. The van der Waals surface area contributed by atoms with Gasteiger partial charge in [0.15, 0.2) is 0 Å². The van der Waals surface area contributed by atoms with Crippen LogP contribution in [0, 0.1) is 5.82 Å². The predicted molar refractivity (Wildman–Crippen MR) is 120 cm³/mol. The number of carbonyl (C=O) groups is 2. The number of carbonyl (C=O) groups excluding carboxylic acids is 2. The fourth-order valence-electron chi connectivity index (χ4n) is 3.70. The molecule has 0 bridgehead atoms. The van der Waals surface area contributed by atoms with Crippen LogP contribution in [-0.4, -0.2) is 60.0 Å². The Morgan fingerprint density at radius 3 is 2.19 bits per heavy atom. The van der Waals surface area contributed by atoms with Crippen molar-refractivity contribution in [2.75, 3.05) is 13.1 Å². The van der Waals surface area contributed by atoms with Crippen LogP contribution in [0.5, 0.6) is 0 Å². The summed E-state index contributed by atoms with van der Waals surface area (Å²) >= 11 is 0. The molecule has 0 aromatic heterocycles. The highest BCUT2D eigenvalue weighted by Gasteiger charge is 2.51. The van der Waals surface area contributed by atoms with Crippen molar-refractivity contribution in [1.29, 1.82) is 0 Å². The standard InChI is InChI=1S/C23H34BFN2O5/c1-21(2,3)30-20(29)26-16-10-12-27(13-11-16)19(28)17-9-8-15(14-18(17)25)24-31-22(4,5)23(6,7)32-24/h8-9,14,16H,10-13H2,1-7H3,(H,26,29). The highest BCUT2D eigenvalue weighted by molar-refractivity contribution is 6.62. The highest BCUT2D eigenvalue weighted by atomic mass is 19.1. The molecule has 32 heavy (non-hydrogen) atoms. The Morgan fingerprint density at radius 2 is 1.69 bits per heavy atom. The summed E-state index contributed by atoms with van der Waals surface area (Å²) in [4.78, 5) is 26.4. The van der Waals surface area contributed by atoms with Gasteiger partial charge in [0.2, 0.25) is 0 Å². The number of nitrogens with one attached hydrogen (secondary N) is 1. The minimum Gasteiger partial charge on any atom is -0.444 e. The van der Waals surface area contributed by atoms with Crippen LogP contribution >= 0.6 is 0 Å². The summed E-state index contributed by atoms with van der Waals surface area (Å²) < 4.78 is 32.1. The molecule has 0 unspecified atom stereocenters. The van der Waals surface area contributed by atoms with Gasteiger partial charge in [-0.05, 0) is 78.9 Å². The second-order valence-electron chi connectivity index (χ2n) is 10.5. The van der Waals surface area contributed by atoms with Crippen molar-refractivity contribution in [1.82, 2.24) is 10.2 Å². The lowest BCUT2D eigenvalue weighted by Crippen LogP contribution is -2.47. The first-order valence-electron chi connectivity index (χ1n) is 11.1. The Morgan fingerprint density at radius 1 is 1.12 bits per heavy atom. The fourth-order valence-corrected chi connectivity index (χ4v) is 3.70. The summed E-state index contributed by atoms with van der Waals surface area (Å²) in [7, 11) is -0.687. The number of piperidine rings is 1. The summed E-state index contributed by atoms with van der Waals surface area (Å²) in [6.07, 6.45) is 0.698. The lowest BCUT2D eigenvalue weighted by Gasteiger charge is -2.33. The first-order valence-corrected chi connectivity index (χ1v) is 11.1. The zero-order valence-electron chi connectivity index (χ0n) is 20.1. The van der Waals surface area contributed by atoms with Gasteiger partial charge in [0.25, 0.3) is 5.91 Å². The van der Waals surface area contributed by atoms with Crippen LogP contribution in [0.25, 0.3) is 0 Å². The van der Waals surface area contributed by atoms with Crippen LogP contribution in [0.2, 0.25) is 0 Å². The van der Waals surface area contributed by atoms with Crippen molar-refractivity contribution >= 4 is 24.6 Å². The number of alkyl carbamates (subject to hydrolysis) is 1. The summed E-state index contributed by atoms with van der Waals surface area (Å²) in [6.45, 7) is 14.0. The Kier molecular flexibility index (Phi) is 6.64. The van der Waals surface area contributed by atoms with E-state index in [4.69, 9.17) is 14.0 Å². The van der Waals surface area contributed by atoms with Gasteiger partial charge in [0, 0.05) is 19.1 Å². The monoisotopic (exact) mass is 448 g/mol. The Hall–Kier alpha value is -2.13. The molecule has 2 heterocycles. The number of benzene rings is 1. The molecule has 176 valence electrons. The van der Waals surface area contributed by atoms with E-state index in [1.54, 1.807) is 31.7 Å². The van der Waals surface area contributed by atoms with Crippen molar-refractivity contribution in [2.45, 2.75) is 84.2 Å². The van der Waals surface area contributed by atoms with E-state index in [1.807, 2.05) is 27.7 Å². The van der Waals surface area contributed by atoms with E-state index < -0.39 is 35.8 Å². The van der Waals surface area contributed by atoms with Crippen molar-refractivity contribution in [3.63, 3.8) is 0 Å². The van der Waals surface area contributed by atoms with Gasteiger partial charge in [-0.3, -0.25) is 4.79 Å². The van der Waals surface area contributed by atoms with E-state index in [0.717, 1.165) is 0 Å². The number of amides is 2. The molecule has 1 aromatic rings. The van der Waals surface area contributed by atoms with E-state index in [1.165, 1.54) is 12.1 Å². The van der Waals surface area contributed by atoms with Crippen LogP contribution < -0.4 is 10.8 Å². The zero-order chi connectivity index (χ0) is 23.9. The Balaban J connectivity index is 1.59. The summed E-state index contributed by atoms with van der Waals surface area (Å²) in [5.41, 5.74) is -1.06. The van der Waals surface area contributed by atoms with Gasteiger partial charge in [-0.25, -0.2) is 9.18 Å². The van der Waals surface area contributed by atoms with Gasteiger partial charge in [-0.15, -0.1) is 0 Å². The molecule has 0 aliphatic carbocycles. The molecule has 0 spiro atoms. The van der Waals surface area contributed by atoms with Crippen LogP contribution in [0.15, 0.2) is 18.2 Å². The molecule has 2 fully saturated rings. The normalized spacial score (nSPS) is 20.9. The minimum absolute atomic E-state index is 0.0174. The zero-order valence-corrected chi connectivity index (χ0v) is 20.1. The predicted octanol–water partition coefficient (Wildman–Crippen LogP) is 3.25. The van der Waals surface area contributed by atoms with Crippen molar-refractivity contribution in [3.05, 3.63) is 29.6 Å². The summed E-state index contributed by atoms with van der Waals surface area (Å²) in [6, 6.07) is 4.40. The van der Waals surface area contributed by atoms with Crippen LogP contribution in [0.1, 0.15) is 71.7 Å². The molecule has 3 rings (SSSR count). The van der Waals surface area contributed by atoms with Gasteiger partial charge in [-0.2, -0.15) is 0 Å². The molecule has 0 radical (unpaired) electrons. The van der Waals surface area contributed by atoms with Gasteiger partial charge >= 0.3 is 13.2 Å². The van der Waals surface area contributed by atoms with Gasteiger partial charge in [0.1, 0.15) is 11.4 Å². The molecule has 2 aliphatic heterocycles. The topological polar surface area (TPSA) is 77.1 Å². The van der Waals surface area contributed by atoms with E-state index in [9.17, 15) is 14.0 Å². The maximum absolute atomic E-state index is 14.9. The maximum atomic E-state index is 14.9. The summed E-state index contributed by atoms with van der Waals surface area (Å²) in [5, 5.41) is 2.84. The highest BCUT2D eigenvalue weighted by Crippen LogP contribution is 2.36. The number of halogens is 1. The van der Waals surface area contributed by atoms with Gasteiger partial charge < -0.3 is 24.3 Å². The van der Waals surface area contributed by atoms with Crippen LogP contribution in [0.4, 0.5) is 9.18 Å². The number of nitrogens with zero attached hydrogens (tertiary/aromatic N) is 1. The lowest BCUT2D eigenvalue weighted by molar-refractivity contribution is 0.00578. The largest absolute Gasteiger partial charge is 0.494 e. The SMILES string of the molecule is CC(C)(C)OC(=O)NC1CCN(C(=O)c2ccc(B3OC(C)(C)C(C)(C)O3)cc2F)CC1. The molecule has 9 heteroatoms. The maximum Gasteiger partial charge on any atom is 0.494 e. The first-order chi connectivity index (χ1) is 14.7. The molecule has 2 amide bonds. The van der Waals surface area contributed by atoms with Crippen LogP contribution in [-0.2, 0) is 14.0 Å². The molecule has 0 saturated carbocycles. The van der Waals surface area contributed by atoms with Crippen molar-refractivity contribution in [2.24, 2.45) is 0 Å². The van der Waals surface area contributed by atoms with Gasteiger partial charge in [0.05, 0.1) is 16.8 Å². The number of rotatable bonds is 3. The van der Waals surface area contributed by atoms with E-state index in [-0.39, 0.29) is 17.5 Å². The van der Waals surface area contributed by atoms with E-state index in [0.29, 0.717) is 31.4 Å². The number of ether oxygens (including phenoxy) is 1. The van der Waals surface area contributed by atoms with Crippen molar-refractivity contribution in [3.8, 4) is 0 Å². The molecule has 2 saturated heterocycles. The smallest absolute Gasteiger partial charge is 0.444 e. The average molecular weight is 448 g/mol. The van der Waals surface area contributed by atoms with E-state index in [2.05, 4.69) is 5.32 Å². The third kappa shape index (κ3) is 5.43. The Bertz CT molecular complexity index is 860. The van der Waals surface area contributed by atoms with E-state index >= 15 is 0 Å². The second kappa shape index (κ2) is 8.67. The molecule has 2 aliphatic rings. The first kappa shape index (κ1) is 24.5. The third-order valence-electron chi connectivity index (χ3n) is 6.25. The molecule has 1 N–H and O–H groups in total. The number of hydrogen-bond donors (Lipinski definition) is 1. The molecule has 1 aromatic carbocycles. The second-order valence-corrected chi connectivity index (χ2v) is 10.5. The molecular weight excluding hydrogens is 414 g/mol. The average Bonchev–Trinajstić information content (AvgIpc) is 2.87. The Labute approximate surface area is 190 Å². The number of likely N-dealkylation sites (tertiary alicyclic amines) is 1. The quantitative estimate of drug-likeness (QED) is 0.719. The lowest BCUT2D eigenvalue weighted by atomic mass is 9.78. The molecule has 0 atom stereocenters. The molecule has 7 nitrogen and oxygen atoms in total. The van der Waals surface area contributed by atoms with Crippen LogP contribution in [0.3, 0.4) is 0 Å². The number of hydrogen-bond acceptors (Lipinski definition) is 5. The minimum atomic E-state index is -0.687. The fraction of sp³-hybridized carbons (Fsp3) is 0.652. The summed E-state index contributed by atoms with van der Waals surface area (Å²) in [5.74, 6) is -0.963. The third-order valence-corrected chi connectivity index (χ3v) is 6.25.